The van der Waals surface area contributed by atoms with Crippen molar-refractivity contribution in [2.45, 2.75) is 56.1 Å². The van der Waals surface area contributed by atoms with E-state index in [1.807, 2.05) is 6.92 Å². The monoisotopic (exact) mass is 486 g/mol. The summed E-state index contributed by atoms with van der Waals surface area (Å²) in [4.78, 5) is 27.4. The van der Waals surface area contributed by atoms with E-state index in [-0.39, 0.29) is 24.0 Å². The maximum Gasteiger partial charge on any atom is 0.348 e. The van der Waals surface area contributed by atoms with Crippen LogP contribution in [0.15, 0.2) is 53.4 Å². The van der Waals surface area contributed by atoms with Gasteiger partial charge in [0.1, 0.15) is 5.75 Å². The number of carbonyl (C=O) groups excluding carboxylic acids is 2. The lowest BCUT2D eigenvalue weighted by Crippen LogP contribution is -2.52. The highest BCUT2D eigenvalue weighted by molar-refractivity contribution is 7.89. The molecule has 0 spiro atoms. The Bertz CT molecular complexity index is 1140. The number of esters is 1. The Morgan fingerprint density at radius 3 is 2.41 bits per heavy atom. The third kappa shape index (κ3) is 4.95. The predicted molar refractivity (Wildman–Crippen MR) is 127 cm³/mol. The van der Waals surface area contributed by atoms with Gasteiger partial charge in [-0.25, -0.2) is 13.2 Å². The van der Waals surface area contributed by atoms with Gasteiger partial charge in [-0.05, 0) is 44.0 Å². The Morgan fingerprint density at radius 2 is 1.74 bits per heavy atom. The molecular weight excluding hydrogens is 456 g/mol. The summed E-state index contributed by atoms with van der Waals surface area (Å²) in [5, 5.41) is 0. The number of hydrogen-bond acceptors (Lipinski definition) is 6. The third-order valence-electron chi connectivity index (χ3n) is 6.44. The van der Waals surface area contributed by atoms with Gasteiger partial charge in [-0.1, -0.05) is 49.1 Å². The summed E-state index contributed by atoms with van der Waals surface area (Å²) in [6.45, 7) is 1.53. The van der Waals surface area contributed by atoms with Gasteiger partial charge < -0.3 is 14.4 Å². The van der Waals surface area contributed by atoms with Crippen LogP contribution in [-0.2, 0) is 24.3 Å². The molecule has 0 N–H and O–H groups in total. The number of benzene rings is 2. The SMILES string of the molecule is COC(=O)[C@H]1CN(C(=O)CN(C2CCCCC2)S(=O)(=O)c2ccc(C)cc2)c2ccccc2O1. The summed E-state index contributed by atoms with van der Waals surface area (Å²) in [5.41, 5.74) is 1.46. The van der Waals surface area contributed by atoms with E-state index < -0.39 is 28.0 Å². The minimum atomic E-state index is -3.90. The molecule has 182 valence electrons. The van der Waals surface area contributed by atoms with Crippen molar-refractivity contribution in [2.75, 3.05) is 25.1 Å². The maximum atomic E-state index is 13.7. The number of fused-ring (bicyclic) bond motifs is 1. The van der Waals surface area contributed by atoms with Crippen molar-refractivity contribution in [1.29, 1.82) is 0 Å². The molecule has 1 amide bonds. The standard InChI is InChI=1S/C25H30N2O6S/c1-18-12-14-20(15-13-18)34(30,31)27(19-8-4-3-5-9-19)17-24(28)26-16-23(25(29)32-2)33-22-11-7-6-10-21(22)26/h6-7,10-15,19,23H,3-5,8-9,16-17H2,1-2H3/t23-/m1/s1. The quantitative estimate of drug-likeness (QED) is 0.582. The van der Waals surface area contributed by atoms with E-state index in [0.717, 1.165) is 24.8 Å². The second-order valence-corrected chi connectivity index (χ2v) is 10.6. The number of aryl methyl sites for hydroxylation is 1. The van der Waals surface area contributed by atoms with Crippen molar-refractivity contribution in [3.05, 3.63) is 54.1 Å². The Labute approximate surface area is 200 Å². The molecule has 0 unspecified atom stereocenters. The topological polar surface area (TPSA) is 93.2 Å². The Balaban J connectivity index is 1.66. The second kappa shape index (κ2) is 10.1. The van der Waals surface area contributed by atoms with E-state index in [1.54, 1.807) is 48.5 Å². The molecule has 2 aromatic carbocycles. The zero-order chi connectivity index (χ0) is 24.3. The van der Waals surface area contributed by atoms with Crippen LogP contribution in [0.2, 0.25) is 0 Å². The van der Waals surface area contributed by atoms with Crippen molar-refractivity contribution in [1.82, 2.24) is 4.31 Å². The van der Waals surface area contributed by atoms with Gasteiger partial charge in [-0.3, -0.25) is 4.79 Å². The van der Waals surface area contributed by atoms with Crippen molar-refractivity contribution < 1.29 is 27.5 Å². The number of sulfonamides is 1. The van der Waals surface area contributed by atoms with E-state index in [1.165, 1.54) is 16.3 Å². The van der Waals surface area contributed by atoms with E-state index in [0.29, 0.717) is 24.3 Å². The molecule has 4 rings (SSSR count). The lowest BCUT2D eigenvalue weighted by Gasteiger charge is -2.37. The molecule has 1 aliphatic heterocycles. The largest absolute Gasteiger partial charge is 0.475 e. The molecule has 0 bridgehead atoms. The number of ether oxygens (including phenoxy) is 2. The fraction of sp³-hybridized carbons (Fsp3) is 0.440. The van der Waals surface area contributed by atoms with E-state index in [2.05, 4.69) is 0 Å². The Kier molecular flexibility index (Phi) is 7.23. The van der Waals surface area contributed by atoms with Gasteiger partial charge in [-0.2, -0.15) is 4.31 Å². The van der Waals surface area contributed by atoms with Gasteiger partial charge in [0.25, 0.3) is 0 Å². The fourth-order valence-electron chi connectivity index (χ4n) is 4.57. The Hall–Kier alpha value is -2.91. The van der Waals surface area contributed by atoms with Crippen LogP contribution in [0.3, 0.4) is 0 Å². The second-order valence-electron chi connectivity index (χ2n) is 8.76. The van der Waals surface area contributed by atoms with Gasteiger partial charge in [0, 0.05) is 6.04 Å². The molecule has 2 aromatic rings. The minimum absolute atomic E-state index is 0.0500. The normalized spacial score (nSPS) is 18.8. The van der Waals surface area contributed by atoms with E-state index >= 15 is 0 Å². The number of carbonyl (C=O) groups is 2. The fourth-order valence-corrected chi connectivity index (χ4v) is 6.20. The van der Waals surface area contributed by atoms with Crippen LogP contribution in [0.4, 0.5) is 5.69 Å². The molecule has 9 heteroatoms. The van der Waals surface area contributed by atoms with Gasteiger partial charge in [0.15, 0.2) is 0 Å². The van der Waals surface area contributed by atoms with Crippen molar-refractivity contribution in [3.63, 3.8) is 0 Å². The first kappa shape index (κ1) is 24.2. The maximum absolute atomic E-state index is 13.7. The molecule has 34 heavy (non-hydrogen) atoms. The van der Waals surface area contributed by atoms with Gasteiger partial charge in [-0.15, -0.1) is 0 Å². The van der Waals surface area contributed by atoms with Gasteiger partial charge in [0.2, 0.25) is 22.0 Å². The van der Waals surface area contributed by atoms with Crippen molar-refractivity contribution in [2.24, 2.45) is 0 Å². The number of methoxy groups -OCH3 is 1. The average Bonchev–Trinajstić information content (AvgIpc) is 2.86. The third-order valence-corrected chi connectivity index (χ3v) is 8.35. The van der Waals surface area contributed by atoms with Crippen molar-refractivity contribution in [3.8, 4) is 5.75 Å². The predicted octanol–water partition coefficient (Wildman–Crippen LogP) is 3.29. The summed E-state index contributed by atoms with van der Waals surface area (Å²) in [6.07, 6.45) is 3.33. The molecule has 8 nitrogen and oxygen atoms in total. The molecule has 2 aliphatic rings. The zero-order valence-electron chi connectivity index (χ0n) is 19.5. The van der Waals surface area contributed by atoms with Crippen LogP contribution in [-0.4, -0.2) is 56.9 Å². The number of anilines is 1. The lowest BCUT2D eigenvalue weighted by atomic mass is 9.95. The average molecular weight is 487 g/mol. The highest BCUT2D eigenvalue weighted by atomic mass is 32.2. The van der Waals surface area contributed by atoms with Crippen LogP contribution >= 0.6 is 0 Å². The van der Waals surface area contributed by atoms with Gasteiger partial charge in [0.05, 0.1) is 30.8 Å². The van der Waals surface area contributed by atoms with Crippen LogP contribution in [0.1, 0.15) is 37.7 Å². The number of amides is 1. The summed E-state index contributed by atoms with van der Waals surface area (Å²) in [7, 11) is -2.64. The highest BCUT2D eigenvalue weighted by Crippen LogP contribution is 2.34. The number of nitrogens with zero attached hydrogens (tertiary/aromatic N) is 2. The molecule has 0 radical (unpaired) electrons. The summed E-state index contributed by atoms with van der Waals surface area (Å²) >= 11 is 0. The Morgan fingerprint density at radius 1 is 1.06 bits per heavy atom. The number of rotatable bonds is 6. The molecular formula is C25H30N2O6S. The van der Waals surface area contributed by atoms with Crippen molar-refractivity contribution >= 4 is 27.6 Å². The smallest absolute Gasteiger partial charge is 0.348 e. The van der Waals surface area contributed by atoms with Crippen LogP contribution in [0.25, 0.3) is 0 Å². The molecule has 1 atom stereocenters. The zero-order valence-corrected chi connectivity index (χ0v) is 20.3. The molecule has 1 aliphatic carbocycles. The first-order valence-corrected chi connectivity index (χ1v) is 13.0. The number of hydrogen-bond donors (Lipinski definition) is 0. The lowest BCUT2D eigenvalue weighted by molar-refractivity contribution is -0.148. The van der Waals surface area contributed by atoms with E-state index in [4.69, 9.17) is 9.47 Å². The molecule has 0 aromatic heterocycles. The first-order valence-electron chi connectivity index (χ1n) is 11.5. The van der Waals surface area contributed by atoms with Gasteiger partial charge >= 0.3 is 5.97 Å². The summed E-state index contributed by atoms with van der Waals surface area (Å²) in [6, 6.07) is 13.3. The van der Waals surface area contributed by atoms with Crippen LogP contribution in [0, 0.1) is 6.92 Å². The summed E-state index contributed by atoms with van der Waals surface area (Å²) in [5.74, 6) is -0.627. The minimum Gasteiger partial charge on any atom is -0.475 e. The van der Waals surface area contributed by atoms with Crippen LogP contribution in [0.5, 0.6) is 5.75 Å². The first-order chi connectivity index (χ1) is 16.3. The summed E-state index contributed by atoms with van der Waals surface area (Å²) < 4.78 is 39.3. The van der Waals surface area contributed by atoms with Crippen LogP contribution < -0.4 is 9.64 Å². The number of para-hydroxylation sites is 2. The molecule has 1 fully saturated rings. The molecule has 1 heterocycles. The molecule has 0 saturated heterocycles. The molecule has 1 saturated carbocycles. The highest BCUT2D eigenvalue weighted by Gasteiger charge is 2.39. The van der Waals surface area contributed by atoms with E-state index in [9.17, 15) is 18.0 Å².